The number of hydrogen-bond acceptors (Lipinski definition) is 5. The van der Waals surface area contributed by atoms with E-state index in [0.29, 0.717) is 5.56 Å². The lowest BCUT2D eigenvalue weighted by molar-refractivity contribution is -0.216. The zero-order chi connectivity index (χ0) is 15.7. The number of carbonyl (C=O) groups excluding carboxylic acids is 1. The summed E-state index contributed by atoms with van der Waals surface area (Å²) in [6, 6.07) is 15.6. The number of anilines is 2. The van der Waals surface area contributed by atoms with Gasteiger partial charge in [0.1, 0.15) is 6.17 Å². The van der Waals surface area contributed by atoms with Crippen LogP contribution in [0, 0.1) is 0 Å². The number of para-hydroxylation sites is 2. The number of hydrogen-bond donors (Lipinski definition) is 0. The van der Waals surface area contributed by atoms with Crippen molar-refractivity contribution >= 4 is 17.3 Å². The molecule has 0 amide bonds. The fourth-order valence-corrected chi connectivity index (χ4v) is 3.03. The summed E-state index contributed by atoms with van der Waals surface area (Å²) in [6.07, 6.45) is -0.0713. The smallest absolute Gasteiger partial charge is 0.349 e. The molecule has 2 aromatic carbocycles. The van der Waals surface area contributed by atoms with Gasteiger partial charge in [-0.1, -0.05) is 30.3 Å². The molecule has 1 aliphatic rings. The summed E-state index contributed by atoms with van der Waals surface area (Å²) in [4.78, 5) is 25.6. The molecule has 22 heavy (non-hydrogen) atoms. The van der Waals surface area contributed by atoms with E-state index in [1.807, 2.05) is 44.4 Å². The van der Waals surface area contributed by atoms with Crippen molar-refractivity contribution < 1.29 is 14.6 Å². The molecule has 0 fully saturated rings. The Morgan fingerprint density at radius 2 is 1.50 bits per heavy atom. The summed E-state index contributed by atoms with van der Waals surface area (Å²) in [5.41, 5.74) is 3.64. The molecule has 5 heteroatoms. The van der Waals surface area contributed by atoms with Crippen molar-refractivity contribution in [3.63, 3.8) is 0 Å². The molecule has 0 N–H and O–H groups in total. The van der Waals surface area contributed by atoms with Crippen molar-refractivity contribution in [3.8, 4) is 0 Å². The number of benzene rings is 2. The molecule has 0 saturated heterocycles. The van der Waals surface area contributed by atoms with Crippen LogP contribution in [0.2, 0.25) is 0 Å². The summed E-state index contributed by atoms with van der Waals surface area (Å²) >= 11 is 0. The van der Waals surface area contributed by atoms with E-state index in [4.69, 9.17) is 4.89 Å². The van der Waals surface area contributed by atoms with E-state index in [-0.39, 0.29) is 6.17 Å². The Labute approximate surface area is 129 Å². The molecule has 114 valence electrons. The highest BCUT2D eigenvalue weighted by atomic mass is 17.2. The summed E-state index contributed by atoms with van der Waals surface area (Å²) in [7, 11) is 5.36. The van der Waals surface area contributed by atoms with E-state index in [0.717, 1.165) is 16.9 Å². The second-order valence-electron chi connectivity index (χ2n) is 5.21. The third kappa shape index (κ3) is 2.19. The normalized spacial score (nSPS) is 14.1. The zero-order valence-electron chi connectivity index (χ0n) is 12.8. The molecular formula is C17H18N2O3. The van der Waals surface area contributed by atoms with Crippen molar-refractivity contribution in [2.75, 3.05) is 31.0 Å². The molecule has 1 aliphatic heterocycles. The van der Waals surface area contributed by atoms with E-state index in [1.165, 1.54) is 7.11 Å². The minimum Gasteiger partial charge on any atom is -0.349 e. The van der Waals surface area contributed by atoms with Gasteiger partial charge in [-0.05, 0) is 18.2 Å². The minimum absolute atomic E-state index is 0.0713. The quantitative estimate of drug-likeness (QED) is 0.643. The Balaban J connectivity index is 2.05. The van der Waals surface area contributed by atoms with Gasteiger partial charge in [-0.15, -0.1) is 0 Å². The van der Waals surface area contributed by atoms with Gasteiger partial charge in [0.15, 0.2) is 0 Å². The Kier molecular flexibility index (Phi) is 3.73. The van der Waals surface area contributed by atoms with Gasteiger partial charge in [-0.3, -0.25) is 4.89 Å². The second kappa shape index (κ2) is 5.69. The van der Waals surface area contributed by atoms with Crippen LogP contribution in [0.1, 0.15) is 22.1 Å². The van der Waals surface area contributed by atoms with Gasteiger partial charge in [-0.25, -0.2) is 4.79 Å². The van der Waals surface area contributed by atoms with Crippen LogP contribution >= 0.6 is 0 Å². The summed E-state index contributed by atoms with van der Waals surface area (Å²) in [5.74, 6) is -0.490. The first-order chi connectivity index (χ1) is 10.6. The van der Waals surface area contributed by atoms with Crippen LogP contribution in [0.5, 0.6) is 0 Å². The molecule has 0 aromatic heterocycles. The van der Waals surface area contributed by atoms with E-state index in [1.54, 1.807) is 6.07 Å². The Bertz CT molecular complexity index is 673. The van der Waals surface area contributed by atoms with E-state index < -0.39 is 5.97 Å². The molecular weight excluding hydrogens is 280 g/mol. The monoisotopic (exact) mass is 298 g/mol. The van der Waals surface area contributed by atoms with Crippen LogP contribution in [0.4, 0.5) is 11.4 Å². The number of nitrogens with zero attached hydrogens (tertiary/aromatic N) is 2. The fraction of sp³-hybridized carbons (Fsp3) is 0.235. The molecule has 1 heterocycles. The van der Waals surface area contributed by atoms with Crippen molar-refractivity contribution in [2.45, 2.75) is 6.17 Å². The topological polar surface area (TPSA) is 42.0 Å². The lowest BCUT2D eigenvalue weighted by Crippen LogP contribution is -2.32. The van der Waals surface area contributed by atoms with E-state index >= 15 is 0 Å². The first kappa shape index (κ1) is 14.4. The molecule has 0 radical (unpaired) electrons. The second-order valence-corrected chi connectivity index (χ2v) is 5.21. The Hall–Kier alpha value is -2.53. The highest BCUT2D eigenvalue weighted by molar-refractivity contribution is 5.92. The van der Waals surface area contributed by atoms with Crippen molar-refractivity contribution in [1.82, 2.24) is 0 Å². The summed E-state index contributed by atoms with van der Waals surface area (Å²) < 4.78 is 0. The van der Waals surface area contributed by atoms with Crippen LogP contribution in [0.3, 0.4) is 0 Å². The van der Waals surface area contributed by atoms with Gasteiger partial charge in [-0.2, -0.15) is 4.89 Å². The standard InChI is InChI=1S/C17H18N2O3/c1-18-14-10-6-7-11-15(14)19(2)16(18)12-8-4-5-9-13(12)17(20)22-21-3/h4-11,16H,1-3H3. The highest BCUT2D eigenvalue weighted by Gasteiger charge is 2.34. The average Bonchev–Trinajstić information content (AvgIpc) is 2.79. The van der Waals surface area contributed by atoms with E-state index in [9.17, 15) is 4.79 Å². The van der Waals surface area contributed by atoms with Gasteiger partial charge in [0.05, 0.1) is 24.0 Å². The number of rotatable bonds is 3. The van der Waals surface area contributed by atoms with Gasteiger partial charge >= 0.3 is 5.97 Å². The van der Waals surface area contributed by atoms with Crippen molar-refractivity contribution in [1.29, 1.82) is 0 Å². The molecule has 0 saturated carbocycles. The maximum atomic E-state index is 12.1. The predicted octanol–water partition coefficient (Wildman–Crippen LogP) is 2.99. The van der Waals surface area contributed by atoms with Crippen molar-refractivity contribution in [3.05, 3.63) is 59.7 Å². The molecule has 0 aliphatic carbocycles. The van der Waals surface area contributed by atoms with Crippen LogP contribution in [-0.2, 0) is 9.78 Å². The van der Waals surface area contributed by atoms with Crippen LogP contribution < -0.4 is 9.80 Å². The lowest BCUT2D eigenvalue weighted by atomic mass is 10.0. The average molecular weight is 298 g/mol. The van der Waals surface area contributed by atoms with Gasteiger partial charge in [0.25, 0.3) is 0 Å². The zero-order valence-corrected chi connectivity index (χ0v) is 12.8. The molecule has 3 rings (SSSR count). The third-order valence-electron chi connectivity index (χ3n) is 3.99. The number of fused-ring (bicyclic) bond motifs is 1. The lowest BCUT2D eigenvalue weighted by Gasteiger charge is -2.29. The first-order valence-electron chi connectivity index (χ1n) is 7.03. The van der Waals surface area contributed by atoms with Gasteiger partial charge in [0.2, 0.25) is 0 Å². The maximum absolute atomic E-state index is 12.1. The Morgan fingerprint density at radius 3 is 2.09 bits per heavy atom. The molecule has 0 unspecified atom stereocenters. The maximum Gasteiger partial charge on any atom is 0.373 e. The Morgan fingerprint density at radius 1 is 0.955 bits per heavy atom. The molecule has 0 atom stereocenters. The third-order valence-corrected chi connectivity index (χ3v) is 3.99. The minimum atomic E-state index is -0.490. The van der Waals surface area contributed by atoms with Gasteiger partial charge < -0.3 is 9.80 Å². The van der Waals surface area contributed by atoms with Crippen LogP contribution in [0.25, 0.3) is 0 Å². The van der Waals surface area contributed by atoms with Gasteiger partial charge in [0, 0.05) is 19.7 Å². The summed E-state index contributed by atoms with van der Waals surface area (Å²) in [5, 5.41) is 0. The van der Waals surface area contributed by atoms with Crippen LogP contribution in [-0.4, -0.2) is 27.2 Å². The molecule has 2 aromatic rings. The van der Waals surface area contributed by atoms with Crippen molar-refractivity contribution in [2.24, 2.45) is 0 Å². The fourth-order valence-electron chi connectivity index (χ4n) is 3.03. The molecule has 0 spiro atoms. The SMILES string of the molecule is COOC(=O)c1ccccc1C1N(C)c2ccccc2N1C. The van der Waals surface area contributed by atoms with E-state index in [2.05, 4.69) is 26.8 Å². The molecule has 5 nitrogen and oxygen atoms in total. The first-order valence-corrected chi connectivity index (χ1v) is 7.03. The highest BCUT2D eigenvalue weighted by Crippen LogP contribution is 2.44. The van der Waals surface area contributed by atoms with Crippen LogP contribution in [0.15, 0.2) is 48.5 Å². The number of carbonyl (C=O) groups is 1. The molecule has 0 bridgehead atoms. The summed E-state index contributed by atoms with van der Waals surface area (Å²) in [6.45, 7) is 0. The largest absolute Gasteiger partial charge is 0.373 e. The predicted molar refractivity (Wildman–Crippen MR) is 84.9 cm³/mol.